The van der Waals surface area contributed by atoms with E-state index in [1.54, 1.807) is 23.7 Å². The average Bonchev–Trinajstić information content (AvgIpc) is 2.91. The molecule has 4 heteroatoms. The van der Waals surface area contributed by atoms with Crippen molar-refractivity contribution in [3.05, 3.63) is 46.4 Å². The van der Waals surface area contributed by atoms with E-state index in [0.29, 0.717) is 6.61 Å². The van der Waals surface area contributed by atoms with Crippen LogP contribution in [0.4, 0.5) is 0 Å². The Morgan fingerprint density at radius 2 is 2.33 bits per heavy atom. The molecule has 2 aromatic heterocycles. The molecule has 2 heterocycles. The SMILES string of the molecule is CCCNCc1ccncc1OCc1cccs1. The van der Waals surface area contributed by atoms with Gasteiger partial charge in [-0.25, -0.2) is 0 Å². The Hall–Kier alpha value is -1.39. The second-order valence-electron chi connectivity index (χ2n) is 4.03. The summed E-state index contributed by atoms with van der Waals surface area (Å²) in [6, 6.07) is 6.12. The van der Waals surface area contributed by atoms with Crippen LogP contribution >= 0.6 is 11.3 Å². The molecule has 0 fully saturated rings. The van der Waals surface area contributed by atoms with Crippen molar-refractivity contribution in [2.24, 2.45) is 0 Å². The maximum absolute atomic E-state index is 5.82. The summed E-state index contributed by atoms with van der Waals surface area (Å²) in [6.45, 7) is 4.63. The molecule has 0 aliphatic rings. The predicted octanol–water partition coefficient (Wildman–Crippen LogP) is 3.22. The third-order valence-electron chi connectivity index (χ3n) is 2.56. The van der Waals surface area contributed by atoms with Crippen molar-refractivity contribution < 1.29 is 4.74 Å². The quantitative estimate of drug-likeness (QED) is 0.778. The zero-order valence-electron chi connectivity index (χ0n) is 10.6. The summed E-state index contributed by atoms with van der Waals surface area (Å²) in [5, 5.41) is 5.44. The summed E-state index contributed by atoms with van der Waals surface area (Å²) in [5.41, 5.74) is 1.16. The molecule has 3 nitrogen and oxygen atoms in total. The second-order valence-corrected chi connectivity index (χ2v) is 5.06. The van der Waals surface area contributed by atoms with E-state index in [1.807, 2.05) is 12.1 Å². The maximum atomic E-state index is 5.82. The maximum Gasteiger partial charge on any atom is 0.142 e. The number of aromatic nitrogens is 1. The summed E-state index contributed by atoms with van der Waals surface area (Å²) >= 11 is 1.71. The topological polar surface area (TPSA) is 34.2 Å². The van der Waals surface area contributed by atoms with Crippen LogP contribution in [0, 0.1) is 0 Å². The Balaban J connectivity index is 1.94. The highest BCUT2D eigenvalue weighted by molar-refractivity contribution is 7.09. The summed E-state index contributed by atoms with van der Waals surface area (Å²) in [6.07, 6.45) is 4.73. The van der Waals surface area contributed by atoms with Crippen LogP contribution in [-0.2, 0) is 13.2 Å². The minimum Gasteiger partial charge on any atom is -0.486 e. The third-order valence-corrected chi connectivity index (χ3v) is 3.41. The molecule has 0 unspecified atom stereocenters. The third kappa shape index (κ3) is 3.82. The van der Waals surface area contributed by atoms with Crippen molar-refractivity contribution in [2.45, 2.75) is 26.5 Å². The Kier molecular flexibility index (Phi) is 5.17. The molecular formula is C14H18N2OS. The molecule has 0 radical (unpaired) electrons. The Morgan fingerprint density at radius 1 is 1.39 bits per heavy atom. The molecule has 0 aliphatic heterocycles. The zero-order chi connectivity index (χ0) is 12.6. The van der Waals surface area contributed by atoms with Crippen LogP contribution < -0.4 is 10.1 Å². The number of ether oxygens (including phenoxy) is 1. The summed E-state index contributed by atoms with van der Waals surface area (Å²) in [5.74, 6) is 0.870. The lowest BCUT2D eigenvalue weighted by Gasteiger charge is -2.10. The van der Waals surface area contributed by atoms with E-state index in [9.17, 15) is 0 Å². The fourth-order valence-electron chi connectivity index (χ4n) is 1.63. The van der Waals surface area contributed by atoms with Gasteiger partial charge in [0.1, 0.15) is 12.4 Å². The van der Waals surface area contributed by atoms with E-state index >= 15 is 0 Å². The highest BCUT2D eigenvalue weighted by atomic mass is 32.1. The minimum atomic E-state index is 0.615. The number of nitrogens with zero attached hydrogens (tertiary/aromatic N) is 1. The predicted molar refractivity (Wildman–Crippen MR) is 74.9 cm³/mol. The lowest BCUT2D eigenvalue weighted by molar-refractivity contribution is 0.304. The number of thiophene rings is 1. The molecule has 2 rings (SSSR count). The van der Waals surface area contributed by atoms with Crippen molar-refractivity contribution in [2.75, 3.05) is 6.54 Å². The van der Waals surface area contributed by atoms with Gasteiger partial charge in [0.25, 0.3) is 0 Å². The molecule has 0 bridgehead atoms. The zero-order valence-corrected chi connectivity index (χ0v) is 11.4. The van der Waals surface area contributed by atoms with Crippen molar-refractivity contribution in [1.29, 1.82) is 0 Å². The molecular weight excluding hydrogens is 244 g/mol. The first-order chi connectivity index (χ1) is 8.90. The van der Waals surface area contributed by atoms with Gasteiger partial charge in [0.15, 0.2) is 0 Å². The molecule has 0 atom stereocenters. The Morgan fingerprint density at radius 3 is 3.11 bits per heavy atom. The van der Waals surface area contributed by atoms with Gasteiger partial charge in [-0.2, -0.15) is 0 Å². The van der Waals surface area contributed by atoms with Crippen molar-refractivity contribution >= 4 is 11.3 Å². The van der Waals surface area contributed by atoms with Crippen LogP contribution in [0.5, 0.6) is 5.75 Å². The van der Waals surface area contributed by atoms with Gasteiger partial charge >= 0.3 is 0 Å². The second kappa shape index (κ2) is 7.13. The number of hydrogen-bond donors (Lipinski definition) is 1. The van der Waals surface area contributed by atoms with Gasteiger partial charge in [0, 0.05) is 23.2 Å². The number of hydrogen-bond acceptors (Lipinski definition) is 4. The van der Waals surface area contributed by atoms with Crippen LogP contribution in [-0.4, -0.2) is 11.5 Å². The van der Waals surface area contributed by atoms with Gasteiger partial charge in [0.05, 0.1) is 6.20 Å². The normalized spacial score (nSPS) is 10.5. The molecule has 0 aliphatic carbocycles. The highest BCUT2D eigenvalue weighted by Crippen LogP contribution is 2.19. The van der Waals surface area contributed by atoms with E-state index in [2.05, 4.69) is 28.7 Å². The number of rotatable bonds is 7. The van der Waals surface area contributed by atoms with E-state index in [-0.39, 0.29) is 0 Å². The molecule has 0 aromatic carbocycles. The monoisotopic (exact) mass is 262 g/mol. The first-order valence-electron chi connectivity index (χ1n) is 6.19. The van der Waals surface area contributed by atoms with Crippen molar-refractivity contribution in [1.82, 2.24) is 10.3 Å². The van der Waals surface area contributed by atoms with Crippen LogP contribution in [0.3, 0.4) is 0 Å². The van der Waals surface area contributed by atoms with Crippen LogP contribution in [0.1, 0.15) is 23.8 Å². The molecule has 1 N–H and O–H groups in total. The number of pyridine rings is 1. The Labute approximate surface area is 112 Å². The van der Waals surface area contributed by atoms with Gasteiger partial charge in [-0.15, -0.1) is 11.3 Å². The summed E-state index contributed by atoms with van der Waals surface area (Å²) < 4.78 is 5.82. The Bertz CT molecular complexity index is 457. The summed E-state index contributed by atoms with van der Waals surface area (Å²) in [4.78, 5) is 5.35. The fourth-order valence-corrected chi connectivity index (χ4v) is 2.24. The minimum absolute atomic E-state index is 0.615. The van der Waals surface area contributed by atoms with Gasteiger partial charge in [-0.05, 0) is 30.5 Å². The van der Waals surface area contributed by atoms with Crippen molar-refractivity contribution in [3.63, 3.8) is 0 Å². The van der Waals surface area contributed by atoms with Crippen molar-refractivity contribution in [3.8, 4) is 5.75 Å². The van der Waals surface area contributed by atoms with Gasteiger partial charge in [-0.3, -0.25) is 4.98 Å². The van der Waals surface area contributed by atoms with Gasteiger partial charge in [0.2, 0.25) is 0 Å². The summed E-state index contributed by atoms with van der Waals surface area (Å²) in [7, 11) is 0. The molecule has 18 heavy (non-hydrogen) atoms. The first-order valence-corrected chi connectivity index (χ1v) is 7.07. The molecule has 96 valence electrons. The standard InChI is InChI=1S/C14H18N2OS/c1-2-6-15-9-12-5-7-16-10-14(12)17-11-13-4-3-8-18-13/h3-5,7-8,10,15H,2,6,9,11H2,1H3. The van der Waals surface area contributed by atoms with Crippen LogP contribution in [0.15, 0.2) is 36.0 Å². The smallest absolute Gasteiger partial charge is 0.142 e. The highest BCUT2D eigenvalue weighted by Gasteiger charge is 2.04. The number of nitrogens with one attached hydrogen (secondary N) is 1. The van der Waals surface area contributed by atoms with Crippen LogP contribution in [0.2, 0.25) is 0 Å². The van der Waals surface area contributed by atoms with E-state index in [0.717, 1.165) is 30.8 Å². The van der Waals surface area contributed by atoms with Gasteiger partial charge in [-0.1, -0.05) is 13.0 Å². The molecule has 0 saturated heterocycles. The lowest BCUT2D eigenvalue weighted by Crippen LogP contribution is -2.14. The van der Waals surface area contributed by atoms with Gasteiger partial charge < -0.3 is 10.1 Å². The van der Waals surface area contributed by atoms with E-state index < -0.39 is 0 Å². The molecule has 0 saturated carbocycles. The average molecular weight is 262 g/mol. The molecule has 0 spiro atoms. The van der Waals surface area contributed by atoms with E-state index in [1.165, 1.54) is 4.88 Å². The fraction of sp³-hybridized carbons (Fsp3) is 0.357. The first kappa shape index (κ1) is 13.1. The van der Waals surface area contributed by atoms with Crippen LogP contribution in [0.25, 0.3) is 0 Å². The van der Waals surface area contributed by atoms with E-state index in [4.69, 9.17) is 4.74 Å². The lowest BCUT2D eigenvalue weighted by atomic mass is 10.2. The molecule has 0 amide bonds. The molecule has 2 aromatic rings. The largest absolute Gasteiger partial charge is 0.486 e.